The van der Waals surface area contributed by atoms with Gasteiger partial charge in [-0.05, 0) is 34.1 Å². The number of carbonyl (C=O) groups is 1. The van der Waals surface area contributed by atoms with Crippen molar-refractivity contribution < 1.29 is 28.2 Å². The Kier molecular flexibility index (Phi) is 4.57. The van der Waals surface area contributed by atoms with Gasteiger partial charge in [0.05, 0.1) is 22.6 Å². The zero-order valence-corrected chi connectivity index (χ0v) is 13.5. The number of aliphatic carboxylic acids is 1. The van der Waals surface area contributed by atoms with Crippen LogP contribution in [0.15, 0.2) is 27.6 Å². The number of β-amino-alcohol motifs (C(OH)–C–C–N with tert-alkyl or cyclic N) is 1. The summed E-state index contributed by atoms with van der Waals surface area (Å²) >= 11 is 3.19. The molecule has 21 heavy (non-hydrogen) atoms. The number of ether oxygens (including phenoxy) is 1. The third kappa shape index (κ3) is 3.05. The molecule has 2 N–H and O–H groups in total. The van der Waals surface area contributed by atoms with E-state index in [9.17, 15) is 18.3 Å². The highest BCUT2D eigenvalue weighted by molar-refractivity contribution is 9.10. The first-order valence-corrected chi connectivity index (χ1v) is 8.27. The lowest BCUT2D eigenvalue weighted by Crippen LogP contribution is -2.40. The number of sulfonamides is 1. The minimum Gasteiger partial charge on any atom is -0.496 e. The van der Waals surface area contributed by atoms with E-state index in [1.165, 1.54) is 25.3 Å². The molecule has 0 aliphatic carbocycles. The minimum absolute atomic E-state index is 0.0597. The number of nitrogens with zero attached hydrogens (tertiary/aromatic N) is 1. The number of carboxylic acid groups (broad SMARTS) is 1. The monoisotopic (exact) mass is 379 g/mol. The van der Waals surface area contributed by atoms with Crippen molar-refractivity contribution in [3.8, 4) is 5.75 Å². The zero-order chi connectivity index (χ0) is 15.8. The lowest BCUT2D eigenvalue weighted by molar-refractivity contribution is -0.140. The molecule has 0 unspecified atom stereocenters. The number of rotatable bonds is 4. The second-order valence-corrected chi connectivity index (χ2v) is 7.36. The van der Waals surface area contributed by atoms with Crippen LogP contribution in [0.5, 0.6) is 5.75 Å². The highest BCUT2D eigenvalue weighted by Gasteiger charge is 2.43. The van der Waals surface area contributed by atoms with E-state index in [1.54, 1.807) is 0 Å². The van der Waals surface area contributed by atoms with Gasteiger partial charge in [0, 0.05) is 13.0 Å². The van der Waals surface area contributed by atoms with Crippen LogP contribution in [0.1, 0.15) is 6.42 Å². The summed E-state index contributed by atoms with van der Waals surface area (Å²) < 4.78 is 31.4. The van der Waals surface area contributed by atoms with Crippen LogP contribution in [0, 0.1) is 0 Å². The van der Waals surface area contributed by atoms with Gasteiger partial charge in [-0.15, -0.1) is 0 Å². The summed E-state index contributed by atoms with van der Waals surface area (Å²) in [5.41, 5.74) is 0. The third-order valence-corrected chi connectivity index (χ3v) is 5.74. The van der Waals surface area contributed by atoms with Gasteiger partial charge >= 0.3 is 5.97 Å². The molecule has 2 atom stereocenters. The van der Waals surface area contributed by atoms with E-state index in [0.29, 0.717) is 10.2 Å². The van der Waals surface area contributed by atoms with Crippen molar-refractivity contribution in [2.45, 2.75) is 23.5 Å². The number of aliphatic hydroxyl groups excluding tert-OH is 1. The van der Waals surface area contributed by atoms with Crippen molar-refractivity contribution in [2.24, 2.45) is 0 Å². The average Bonchev–Trinajstić information content (AvgIpc) is 2.81. The van der Waals surface area contributed by atoms with E-state index in [0.717, 1.165) is 4.31 Å². The molecule has 1 fully saturated rings. The molecule has 1 aliphatic heterocycles. The molecular weight excluding hydrogens is 366 g/mol. The number of aliphatic hydroxyl groups is 1. The standard InChI is InChI=1S/C12H14BrNO6S/c1-20-11-3-2-8(5-9(11)13)21(18,19)14-6-7(15)4-10(14)12(16)17/h2-3,5,7,10,15H,4,6H2,1H3,(H,16,17)/t7-,10-/m0/s1. The van der Waals surface area contributed by atoms with Gasteiger partial charge in [0.1, 0.15) is 11.8 Å². The number of methoxy groups -OCH3 is 1. The molecule has 1 heterocycles. The van der Waals surface area contributed by atoms with E-state index in [2.05, 4.69) is 15.9 Å². The Morgan fingerprint density at radius 3 is 2.67 bits per heavy atom. The summed E-state index contributed by atoms with van der Waals surface area (Å²) in [6.45, 7) is -0.233. The molecule has 116 valence electrons. The Morgan fingerprint density at radius 2 is 2.14 bits per heavy atom. The largest absolute Gasteiger partial charge is 0.496 e. The molecule has 2 rings (SSSR count). The number of halogens is 1. The van der Waals surface area contributed by atoms with E-state index in [-0.39, 0.29) is 17.9 Å². The molecule has 1 saturated heterocycles. The van der Waals surface area contributed by atoms with Gasteiger partial charge in [-0.1, -0.05) is 0 Å². The van der Waals surface area contributed by atoms with Crippen LogP contribution in [-0.4, -0.2) is 54.7 Å². The van der Waals surface area contributed by atoms with E-state index in [1.807, 2.05) is 0 Å². The summed E-state index contributed by atoms with van der Waals surface area (Å²) in [6.07, 6.45) is -1.10. The zero-order valence-electron chi connectivity index (χ0n) is 11.1. The molecule has 0 amide bonds. The Bertz CT molecular complexity index is 662. The van der Waals surface area contributed by atoms with Gasteiger partial charge in [0.25, 0.3) is 0 Å². The van der Waals surface area contributed by atoms with Crippen molar-refractivity contribution in [3.05, 3.63) is 22.7 Å². The molecule has 1 aromatic rings. The summed E-state index contributed by atoms with van der Waals surface area (Å²) in [4.78, 5) is 11.1. The second kappa shape index (κ2) is 5.91. The van der Waals surface area contributed by atoms with Gasteiger partial charge in [-0.2, -0.15) is 4.31 Å². The molecule has 0 saturated carbocycles. The second-order valence-electron chi connectivity index (χ2n) is 4.61. The summed E-state index contributed by atoms with van der Waals surface area (Å²) in [6, 6.07) is 2.89. The smallest absolute Gasteiger partial charge is 0.322 e. The highest BCUT2D eigenvalue weighted by Crippen LogP contribution is 2.31. The van der Waals surface area contributed by atoms with Crippen LogP contribution in [0.3, 0.4) is 0 Å². The van der Waals surface area contributed by atoms with Crippen LogP contribution in [0.2, 0.25) is 0 Å². The molecular formula is C12H14BrNO6S. The maximum Gasteiger partial charge on any atom is 0.322 e. The van der Waals surface area contributed by atoms with Gasteiger partial charge in [-0.25, -0.2) is 8.42 Å². The molecule has 1 aromatic carbocycles. The number of carboxylic acids is 1. The van der Waals surface area contributed by atoms with Crippen molar-refractivity contribution in [2.75, 3.05) is 13.7 Å². The lowest BCUT2D eigenvalue weighted by Gasteiger charge is -2.21. The van der Waals surface area contributed by atoms with Crippen molar-refractivity contribution in [1.82, 2.24) is 4.31 Å². The van der Waals surface area contributed by atoms with E-state index < -0.39 is 28.1 Å². The minimum atomic E-state index is -4.01. The number of hydrogen-bond acceptors (Lipinski definition) is 5. The SMILES string of the molecule is COc1ccc(S(=O)(=O)N2C[C@@H](O)C[C@H]2C(=O)O)cc1Br. The quantitative estimate of drug-likeness (QED) is 0.796. The fourth-order valence-electron chi connectivity index (χ4n) is 2.22. The summed E-state index contributed by atoms with van der Waals surface area (Å²) in [5, 5.41) is 18.7. The maximum atomic E-state index is 12.5. The Morgan fingerprint density at radius 1 is 1.48 bits per heavy atom. The van der Waals surface area contributed by atoms with Crippen molar-refractivity contribution in [1.29, 1.82) is 0 Å². The molecule has 0 bridgehead atoms. The predicted molar refractivity (Wildman–Crippen MR) is 76.6 cm³/mol. The molecule has 7 nitrogen and oxygen atoms in total. The normalized spacial score (nSPS) is 23.2. The third-order valence-electron chi connectivity index (χ3n) is 3.25. The molecule has 0 spiro atoms. The number of benzene rings is 1. The summed E-state index contributed by atoms with van der Waals surface area (Å²) in [5.74, 6) is -0.812. The van der Waals surface area contributed by atoms with Crippen LogP contribution < -0.4 is 4.74 Å². The maximum absolute atomic E-state index is 12.5. The Hall–Kier alpha value is -1.16. The Balaban J connectivity index is 2.42. The van der Waals surface area contributed by atoms with Crippen LogP contribution in [0.4, 0.5) is 0 Å². The van der Waals surface area contributed by atoms with Gasteiger partial charge in [0.2, 0.25) is 10.0 Å². The van der Waals surface area contributed by atoms with Crippen LogP contribution in [0.25, 0.3) is 0 Å². The van der Waals surface area contributed by atoms with Gasteiger partial charge in [0.15, 0.2) is 0 Å². The van der Waals surface area contributed by atoms with Crippen molar-refractivity contribution >= 4 is 31.9 Å². The average molecular weight is 380 g/mol. The number of hydrogen-bond donors (Lipinski definition) is 2. The van der Waals surface area contributed by atoms with Crippen molar-refractivity contribution in [3.63, 3.8) is 0 Å². The van der Waals surface area contributed by atoms with Crippen LogP contribution in [-0.2, 0) is 14.8 Å². The molecule has 0 aromatic heterocycles. The fourth-order valence-corrected chi connectivity index (χ4v) is 4.57. The summed E-state index contributed by atoms with van der Waals surface area (Å²) in [7, 11) is -2.56. The highest BCUT2D eigenvalue weighted by atomic mass is 79.9. The molecule has 9 heteroatoms. The molecule has 0 radical (unpaired) electrons. The topological polar surface area (TPSA) is 104 Å². The van der Waals surface area contributed by atoms with Crippen LogP contribution >= 0.6 is 15.9 Å². The van der Waals surface area contributed by atoms with Gasteiger partial charge in [-0.3, -0.25) is 4.79 Å². The van der Waals surface area contributed by atoms with Gasteiger partial charge < -0.3 is 14.9 Å². The predicted octanol–water partition coefficient (Wildman–Crippen LogP) is 0.666. The van der Waals surface area contributed by atoms with E-state index in [4.69, 9.17) is 9.84 Å². The Labute approximate surface area is 130 Å². The lowest BCUT2D eigenvalue weighted by atomic mass is 10.2. The first-order chi connectivity index (χ1) is 9.77. The fraction of sp³-hybridized carbons (Fsp3) is 0.417. The first kappa shape index (κ1) is 16.2. The first-order valence-electron chi connectivity index (χ1n) is 6.03. The van der Waals surface area contributed by atoms with E-state index >= 15 is 0 Å². The molecule has 1 aliphatic rings.